The lowest BCUT2D eigenvalue weighted by Crippen LogP contribution is -2.07. The van der Waals surface area contributed by atoms with Crippen molar-refractivity contribution in [3.05, 3.63) is 180 Å². The molecule has 60 heavy (non-hydrogen) atoms. The minimum atomic E-state index is 0.00519. The van der Waals surface area contributed by atoms with Crippen LogP contribution in [0.5, 0.6) is 0 Å². The third-order valence-electron chi connectivity index (χ3n) is 11.4. The van der Waals surface area contributed by atoms with Crippen molar-refractivity contribution < 1.29 is 4.42 Å². The minimum absolute atomic E-state index is 0.00519. The lowest BCUT2D eigenvalue weighted by molar-refractivity contribution is 0.640. The van der Waals surface area contributed by atoms with E-state index in [4.69, 9.17) is 24.4 Å². The Labute approximate surface area is 355 Å². The van der Waals surface area contributed by atoms with Gasteiger partial charge in [0.05, 0.1) is 27.5 Å². The number of furan rings is 1. The van der Waals surface area contributed by atoms with E-state index >= 15 is 0 Å². The van der Waals surface area contributed by atoms with E-state index in [1.54, 1.807) is 11.3 Å². The van der Waals surface area contributed by atoms with E-state index in [0.29, 0.717) is 5.82 Å². The summed E-state index contributed by atoms with van der Waals surface area (Å²) in [5.74, 6) is 1.39. The zero-order chi connectivity index (χ0) is 40.2. The summed E-state index contributed by atoms with van der Waals surface area (Å²) < 4.78 is 11.2. The molecule has 0 aliphatic carbocycles. The highest BCUT2D eigenvalue weighted by Gasteiger charge is 2.21. The molecule has 7 heteroatoms. The van der Waals surface area contributed by atoms with Gasteiger partial charge in [-0.05, 0) is 55.3 Å². The van der Waals surface area contributed by atoms with Crippen molar-refractivity contribution in [3.8, 4) is 22.6 Å². The molecule has 0 aliphatic rings. The predicted octanol–water partition coefficient (Wildman–Crippen LogP) is 15.2. The van der Waals surface area contributed by atoms with Crippen LogP contribution in [0.25, 0.3) is 85.1 Å². The lowest BCUT2D eigenvalue weighted by atomic mass is 10.0. The largest absolute Gasteiger partial charge is 0.455 e. The number of hydrogen-bond donors (Lipinski definition) is 0. The lowest BCUT2D eigenvalue weighted by Gasteiger charge is -2.14. The number of amidine groups is 1. The molecular formula is C53H38N4OS2. The van der Waals surface area contributed by atoms with Gasteiger partial charge in [0.1, 0.15) is 11.2 Å². The van der Waals surface area contributed by atoms with Crippen LogP contribution < -0.4 is 0 Å². The molecule has 7 aromatic carbocycles. The van der Waals surface area contributed by atoms with Gasteiger partial charge >= 0.3 is 0 Å². The Hall–Kier alpha value is -6.80. The normalized spacial score (nSPS) is 13.1. The molecule has 11 aromatic rings. The summed E-state index contributed by atoms with van der Waals surface area (Å²) in [6.45, 7) is 4.34. The molecule has 288 valence electrons. The molecule has 1 atom stereocenters. The quantitative estimate of drug-likeness (QED) is 0.113. The van der Waals surface area contributed by atoms with Crippen molar-refractivity contribution in [2.75, 3.05) is 0 Å². The molecule has 5 nitrogen and oxygen atoms in total. The molecular weight excluding hydrogens is 773 g/mol. The van der Waals surface area contributed by atoms with Crippen LogP contribution in [0.1, 0.15) is 49.4 Å². The SMILES string of the molecule is CCCC(N=C(N=C(C)c1cccc2sc3ccc(-c4nc(-c5cccc6c5oc5ccccc56)nc5c4sc4ccccc45)cc3c12)c1ccccc1)c1ccccc1. The van der Waals surface area contributed by atoms with Gasteiger partial charge in [-0.25, -0.2) is 15.0 Å². The van der Waals surface area contributed by atoms with Crippen molar-refractivity contribution in [3.63, 3.8) is 0 Å². The van der Waals surface area contributed by atoms with Gasteiger partial charge in [0.2, 0.25) is 0 Å². The molecule has 0 amide bonds. The van der Waals surface area contributed by atoms with Crippen LogP contribution >= 0.6 is 22.7 Å². The van der Waals surface area contributed by atoms with Crippen molar-refractivity contribution in [2.45, 2.75) is 32.7 Å². The van der Waals surface area contributed by atoms with E-state index in [1.165, 1.54) is 30.4 Å². The van der Waals surface area contributed by atoms with Crippen LogP contribution in [0.3, 0.4) is 0 Å². The Morgan fingerprint density at radius 3 is 2.22 bits per heavy atom. The molecule has 11 rings (SSSR count). The van der Waals surface area contributed by atoms with Crippen LogP contribution in [-0.2, 0) is 0 Å². The smallest absolute Gasteiger partial charge is 0.164 e. The Morgan fingerprint density at radius 2 is 1.37 bits per heavy atom. The second kappa shape index (κ2) is 15.1. The van der Waals surface area contributed by atoms with Crippen molar-refractivity contribution >= 4 is 96.6 Å². The first-order chi connectivity index (χ1) is 29.6. The molecule has 0 aliphatic heterocycles. The molecule has 0 N–H and O–H groups in total. The number of nitrogens with zero attached hydrogens (tertiary/aromatic N) is 4. The van der Waals surface area contributed by atoms with Crippen LogP contribution in [0.4, 0.5) is 0 Å². The maximum absolute atomic E-state index is 6.51. The van der Waals surface area contributed by atoms with Gasteiger partial charge in [-0.15, -0.1) is 22.7 Å². The topological polar surface area (TPSA) is 63.6 Å². The Kier molecular flexibility index (Phi) is 9.13. The molecule has 0 radical (unpaired) electrons. The summed E-state index contributed by atoms with van der Waals surface area (Å²) in [6, 6.07) is 57.3. The van der Waals surface area contributed by atoms with E-state index in [2.05, 4.69) is 159 Å². The summed E-state index contributed by atoms with van der Waals surface area (Å²) in [7, 11) is 0. The van der Waals surface area contributed by atoms with Gasteiger partial charge in [-0.2, -0.15) is 0 Å². The molecule has 4 heterocycles. The minimum Gasteiger partial charge on any atom is -0.455 e. The van der Waals surface area contributed by atoms with Gasteiger partial charge in [0.25, 0.3) is 0 Å². The number of benzene rings is 7. The van der Waals surface area contributed by atoms with E-state index < -0.39 is 0 Å². The molecule has 0 saturated carbocycles. The average molecular weight is 811 g/mol. The third-order valence-corrected chi connectivity index (χ3v) is 13.7. The average Bonchev–Trinajstić information content (AvgIpc) is 4.00. The van der Waals surface area contributed by atoms with Crippen LogP contribution in [-0.4, -0.2) is 21.5 Å². The van der Waals surface area contributed by atoms with Crippen molar-refractivity contribution in [1.82, 2.24) is 9.97 Å². The van der Waals surface area contributed by atoms with Crippen LogP contribution in [0.2, 0.25) is 0 Å². The second-order valence-electron chi connectivity index (χ2n) is 15.2. The van der Waals surface area contributed by atoms with Gasteiger partial charge in [0, 0.05) is 63.4 Å². The first kappa shape index (κ1) is 36.3. The first-order valence-corrected chi connectivity index (χ1v) is 22.0. The van der Waals surface area contributed by atoms with Crippen molar-refractivity contribution in [1.29, 1.82) is 0 Å². The predicted molar refractivity (Wildman–Crippen MR) is 255 cm³/mol. The summed E-state index contributed by atoms with van der Waals surface area (Å²) >= 11 is 3.56. The molecule has 0 bridgehead atoms. The Balaban J connectivity index is 1.10. The van der Waals surface area contributed by atoms with E-state index in [1.807, 2.05) is 29.5 Å². The first-order valence-electron chi connectivity index (χ1n) is 20.4. The highest BCUT2D eigenvalue weighted by Crippen LogP contribution is 2.44. The summed E-state index contributed by atoms with van der Waals surface area (Å²) in [6.07, 6.45) is 1.96. The van der Waals surface area contributed by atoms with Crippen LogP contribution in [0, 0.1) is 0 Å². The maximum Gasteiger partial charge on any atom is 0.164 e. The number of aliphatic imine (C=N–C) groups is 2. The number of aromatic nitrogens is 2. The van der Waals surface area contributed by atoms with Gasteiger partial charge < -0.3 is 4.42 Å². The molecule has 1 unspecified atom stereocenters. The summed E-state index contributed by atoms with van der Waals surface area (Å²) in [4.78, 5) is 21.5. The monoisotopic (exact) mass is 810 g/mol. The highest BCUT2D eigenvalue weighted by atomic mass is 32.1. The van der Waals surface area contributed by atoms with Crippen LogP contribution in [0.15, 0.2) is 178 Å². The Morgan fingerprint density at radius 1 is 0.650 bits per heavy atom. The standard InChI is InChI=1S/C53H38N4OS2/c1-3-16-42(33-17-6-4-7-18-33)55-52(34-19-8-5-9-20-34)54-32(2)36-23-15-28-46-47(36)41-31-35(29-30-45(41)59-46)48-51-49(39-22-11-13-27-44(39)60-51)57-53(56-48)40-25-14-24-38-37-21-10-12-26-43(37)58-50(38)40/h4-15,17-31,42H,3,16H2,1-2H3. The van der Waals surface area contributed by atoms with Gasteiger partial charge in [0.15, 0.2) is 11.7 Å². The maximum atomic E-state index is 6.51. The van der Waals surface area contributed by atoms with Crippen molar-refractivity contribution in [2.24, 2.45) is 9.98 Å². The molecule has 0 fully saturated rings. The summed E-state index contributed by atoms with van der Waals surface area (Å²) in [5.41, 5.74) is 9.66. The highest BCUT2D eigenvalue weighted by molar-refractivity contribution is 7.26. The van der Waals surface area contributed by atoms with Gasteiger partial charge in [-0.3, -0.25) is 4.99 Å². The van der Waals surface area contributed by atoms with E-state index in [9.17, 15) is 0 Å². The van der Waals surface area contributed by atoms with E-state index in [0.717, 1.165) is 89.9 Å². The number of fused-ring (bicyclic) bond motifs is 9. The molecule has 0 spiro atoms. The zero-order valence-electron chi connectivity index (χ0n) is 33.1. The second-order valence-corrected chi connectivity index (χ2v) is 17.3. The summed E-state index contributed by atoms with van der Waals surface area (Å²) in [5, 5.41) is 5.63. The Bertz CT molecular complexity index is 3470. The zero-order valence-corrected chi connectivity index (χ0v) is 34.7. The fourth-order valence-corrected chi connectivity index (χ4v) is 10.7. The number of rotatable bonds is 8. The number of thiophene rings is 2. The molecule has 0 saturated heterocycles. The van der Waals surface area contributed by atoms with Gasteiger partial charge in [-0.1, -0.05) is 141 Å². The fraction of sp³-hybridized carbons (Fsp3) is 0.0943. The number of hydrogen-bond acceptors (Lipinski definition) is 6. The fourth-order valence-electron chi connectivity index (χ4n) is 8.48. The number of para-hydroxylation sites is 2. The van der Waals surface area contributed by atoms with E-state index in [-0.39, 0.29) is 6.04 Å². The third kappa shape index (κ3) is 6.29. The molecule has 4 aromatic heterocycles.